The van der Waals surface area contributed by atoms with Gasteiger partial charge < -0.3 is 15.0 Å². The first kappa shape index (κ1) is 14.5. The summed E-state index contributed by atoms with van der Waals surface area (Å²) in [7, 11) is 1.67. The van der Waals surface area contributed by atoms with Crippen molar-refractivity contribution in [3.63, 3.8) is 0 Å². The summed E-state index contributed by atoms with van der Waals surface area (Å²) < 4.78 is 5.47. The van der Waals surface area contributed by atoms with Gasteiger partial charge in [-0.15, -0.1) is 0 Å². The predicted molar refractivity (Wildman–Crippen MR) is 75.5 cm³/mol. The maximum absolute atomic E-state index is 5.47. The Bertz CT molecular complexity index is 357. The zero-order valence-corrected chi connectivity index (χ0v) is 11.9. The molecule has 1 heterocycles. The third-order valence-corrected chi connectivity index (χ3v) is 2.71. The normalized spacial score (nSPS) is 10.2. The van der Waals surface area contributed by atoms with Crippen LogP contribution in [-0.4, -0.2) is 36.7 Å². The number of rotatable bonds is 8. The van der Waals surface area contributed by atoms with Gasteiger partial charge in [-0.05, 0) is 19.8 Å². The molecule has 0 unspecified atom stereocenters. The molecule has 5 nitrogen and oxygen atoms in total. The van der Waals surface area contributed by atoms with Crippen molar-refractivity contribution < 1.29 is 4.74 Å². The van der Waals surface area contributed by atoms with Crippen LogP contribution >= 0.6 is 0 Å². The first-order chi connectivity index (χ1) is 8.78. The molecule has 18 heavy (non-hydrogen) atoms. The number of nitrogens with zero attached hydrogens (tertiary/aromatic N) is 3. The highest BCUT2D eigenvalue weighted by Gasteiger charge is 2.16. The van der Waals surface area contributed by atoms with Crippen LogP contribution in [0.4, 0.5) is 11.6 Å². The lowest BCUT2D eigenvalue weighted by molar-refractivity contribution is 0.412. The van der Waals surface area contributed by atoms with Gasteiger partial charge in [0.2, 0.25) is 5.75 Å². The molecule has 0 aromatic carbocycles. The van der Waals surface area contributed by atoms with Gasteiger partial charge in [-0.1, -0.05) is 13.8 Å². The predicted octanol–water partition coefficient (Wildman–Crippen LogP) is 2.54. The Hall–Kier alpha value is -1.52. The van der Waals surface area contributed by atoms with Crippen molar-refractivity contribution in [1.29, 1.82) is 0 Å². The van der Waals surface area contributed by atoms with Crippen LogP contribution in [0.1, 0.15) is 33.6 Å². The number of anilines is 2. The molecule has 0 aliphatic heterocycles. The Morgan fingerprint density at radius 2 is 2.00 bits per heavy atom. The Morgan fingerprint density at radius 1 is 1.22 bits per heavy atom. The molecule has 1 aromatic rings. The molecule has 0 saturated carbocycles. The van der Waals surface area contributed by atoms with E-state index in [1.165, 1.54) is 0 Å². The summed E-state index contributed by atoms with van der Waals surface area (Å²) in [5, 5.41) is 3.27. The summed E-state index contributed by atoms with van der Waals surface area (Å²) in [5.74, 6) is 2.38. The molecule has 0 bridgehead atoms. The smallest absolute Gasteiger partial charge is 0.204 e. The molecule has 1 aromatic heterocycles. The summed E-state index contributed by atoms with van der Waals surface area (Å²) in [6, 6.07) is 0. The molecule has 0 atom stereocenters. The lowest BCUT2D eigenvalue weighted by Crippen LogP contribution is -2.25. The minimum absolute atomic E-state index is 0.737. The molecule has 1 rings (SSSR count). The monoisotopic (exact) mass is 252 g/mol. The van der Waals surface area contributed by atoms with E-state index in [9.17, 15) is 0 Å². The van der Waals surface area contributed by atoms with Gasteiger partial charge in [0.25, 0.3) is 0 Å². The maximum atomic E-state index is 5.47. The van der Waals surface area contributed by atoms with Gasteiger partial charge in [0.1, 0.15) is 6.33 Å². The lowest BCUT2D eigenvalue weighted by Gasteiger charge is -2.24. The van der Waals surface area contributed by atoms with E-state index in [-0.39, 0.29) is 0 Å². The lowest BCUT2D eigenvalue weighted by atomic mass is 10.3. The second-order valence-electron chi connectivity index (χ2n) is 4.09. The molecule has 0 fully saturated rings. The summed E-state index contributed by atoms with van der Waals surface area (Å²) >= 11 is 0. The van der Waals surface area contributed by atoms with Gasteiger partial charge in [-0.3, -0.25) is 0 Å². The molecular formula is C13H24N4O. The van der Waals surface area contributed by atoms with E-state index >= 15 is 0 Å². The van der Waals surface area contributed by atoms with Gasteiger partial charge >= 0.3 is 0 Å². The minimum Gasteiger partial charge on any atom is -0.490 e. The van der Waals surface area contributed by atoms with Crippen molar-refractivity contribution in [2.75, 3.05) is 37.0 Å². The van der Waals surface area contributed by atoms with Crippen molar-refractivity contribution in [2.24, 2.45) is 0 Å². The first-order valence-corrected chi connectivity index (χ1v) is 6.66. The van der Waals surface area contributed by atoms with Gasteiger partial charge in [0.05, 0.1) is 7.11 Å². The highest BCUT2D eigenvalue weighted by atomic mass is 16.5. The molecular weight excluding hydrogens is 228 g/mol. The van der Waals surface area contributed by atoms with Crippen LogP contribution < -0.4 is 15.0 Å². The fourth-order valence-electron chi connectivity index (χ4n) is 1.83. The fourth-order valence-corrected chi connectivity index (χ4v) is 1.83. The highest BCUT2D eigenvalue weighted by Crippen LogP contribution is 2.31. The molecule has 0 radical (unpaired) electrons. The third kappa shape index (κ3) is 3.48. The van der Waals surface area contributed by atoms with E-state index in [1.807, 2.05) is 0 Å². The molecule has 1 N–H and O–H groups in total. The van der Waals surface area contributed by atoms with Crippen molar-refractivity contribution in [2.45, 2.75) is 33.6 Å². The average Bonchev–Trinajstić information content (AvgIpc) is 2.42. The largest absolute Gasteiger partial charge is 0.490 e. The molecule has 0 aliphatic rings. The van der Waals surface area contributed by atoms with Crippen LogP contribution in [0.5, 0.6) is 5.75 Å². The zero-order chi connectivity index (χ0) is 13.4. The summed E-state index contributed by atoms with van der Waals surface area (Å²) in [6.07, 6.45) is 3.72. The van der Waals surface area contributed by atoms with Crippen LogP contribution in [0.25, 0.3) is 0 Å². The van der Waals surface area contributed by atoms with Crippen LogP contribution in [0.2, 0.25) is 0 Å². The van der Waals surface area contributed by atoms with E-state index in [1.54, 1.807) is 13.4 Å². The Balaban J connectivity index is 3.02. The summed E-state index contributed by atoms with van der Waals surface area (Å²) in [4.78, 5) is 10.8. The first-order valence-electron chi connectivity index (χ1n) is 6.66. The van der Waals surface area contributed by atoms with Crippen LogP contribution in [0.15, 0.2) is 6.33 Å². The minimum atomic E-state index is 0.737. The molecule has 0 amide bonds. The highest BCUT2D eigenvalue weighted by molar-refractivity contribution is 5.64. The van der Waals surface area contributed by atoms with E-state index in [0.717, 1.165) is 49.9 Å². The van der Waals surface area contributed by atoms with E-state index in [2.05, 4.69) is 41.0 Å². The number of hydrogen-bond acceptors (Lipinski definition) is 5. The maximum Gasteiger partial charge on any atom is 0.204 e. The standard InChI is InChI=1S/C13H24N4O/c1-5-8-14-12-11(18-4)13(16-10-15-12)17(7-3)9-6-2/h10H,5-9H2,1-4H3,(H,14,15,16). The summed E-state index contributed by atoms with van der Waals surface area (Å²) in [5.41, 5.74) is 0. The second-order valence-corrected chi connectivity index (χ2v) is 4.09. The second kappa shape index (κ2) is 7.74. The molecule has 0 spiro atoms. The van der Waals surface area contributed by atoms with Gasteiger partial charge in [-0.25, -0.2) is 9.97 Å². The van der Waals surface area contributed by atoms with E-state index in [4.69, 9.17) is 4.74 Å². The zero-order valence-electron chi connectivity index (χ0n) is 11.9. The van der Waals surface area contributed by atoms with Crippen molar-refractivity contribution in [3.05, 3.63) is 6.33 Å². The molecule has 0 aliphatic carbocycles. The molecule has 5 heteroatoms. The van der Waals surface area contributed by atoms with E-state index in [0.29, 0.717) is 0 Å². The Labute approximate surface area is 110 Å². The van der Waals surface area contributed by atoms with Gasteiger partial charge in [-0.2, -0.15) is 0 Å². The summed E-state index contributed by atoms with van der Waals surface area (Å²) in [6.45, 7) is 9.16. The van der Waals surface area contributed by atoms with Gasteiger partial charge in [0, 0.05) is 19.6 Å². The number of ether oxygens (including phenoxy) is 1. The topological polar surface area (TPSA) is 50.3 Å². The third-order valence-electron chi connectivity index (χ3n) is 2.71. The van der Waals surface area contributed by atoms with Crippen molar-refractivity contribution in [1.82, 2.24) is 9.97 Å². The average molecular weight is 252 g/mol. The molecule has 0 saturated heterocycles. The van der Waals surface area contributed by atoms with E-state index < -0.39 is 0 Å². The number of hydrogen-bond donors (Lipinski definition) is 1. The number of nitrogens with one attached hydrogen (secondary N) is 1. The van der Waals surface area contributed by atoms with Crippen LogP contribution in [0, 0.1) is 0 Å². The van der Waals surface area contributed by atoms with Gasteiger partial charge in [0.15, 0.2) is 11.6 Å². The Morgan fingerprint density at radius 3 is 2.56 bits per heavy atom. The van der Waals surface area contributed by atoms with Crippen LogP contribution in [0.3, 0.4) is 0 Å². The molecule has 102 valence electrons. The van der Waals surface area contributed by atoms with Crippen molar-refractivity contribution >= 4 is 11.6 Å². The Kier molecular flexibility index (Phi) is 6.25. The quantitative estimate of drug-likeness (QED) is 0.770. The number of methoxy groups -OCH3 is 1. The SMILES string of the molecule is CCCNc1ncnc(N(CC)CCC)c1OC. The van der Waals surface area contributed by atoms with Crippen molar-refractivity contribution in [3.8, 4) is 5.75 Å². The fraction of sp³-hybridized carbons (Fsp3) is 0.692. The number of aromatic nitrogens is 2. The van der Waals surface area contributed by atoms with Crippen LogP contribution in [-0.2, 0) is 0 Å².